The van der Waals surface area contributed by atoms with E-state index in [1.54, 1.807) is 18.2 Å². The minimum atomic E-state index is -0.884. The van der Waals surface area contributed by atoms with Crippen molar-refractivity contribution in [1.29, 1.82) is 0 Å². The lowest BCUT2D eigenvalue weighted by Gasteiger charge is -2.16. The number of halogens is 2. The van der Waals surface area contributed by atoms with Crippen LogP contribution in [0.3, 0.4) is 0 Å². The van der Waals surface area contributed by atoms with Gasteiger partial charge in [-0.1, -0.05) is 23.7 Å². The van der Waals surface area contributed by atoms with Crippen LogP contribution >= 0.6 is 24.0 Å². The number of methoxy groups -OCH3 is 1. The first kappa shape index (κ1) is 22.9. The average molecular weight is 415 g/mol. The molecule has 1 unspecified atom stereocenters. The number of aliphatic hydroxyl groups excluding tert-OH is 1. The number of carbonyl (C=O) groups is 1. The molecule has 0 spiro atoms. The molecule has 6 nitrogen and oxygen atoms in total. The highest BCUT2D eigenvalue weighted by molar-refractivity contribution is 6.33. The first-order chi connectivity index (χ1) is 12.3. The summed E-state index contributed by atoms with van der Waals surface area (Å²) in [5.74, 6) is 0.554. The number of hydrogen-bond donors (Lipinski definition) is 3. The standard InChI is InChI=1S/C19H23ClN2O4.ClH/c1-11(2)26-13-6-4-5-12(7-13)17(23)10-22-19(24)14-8-15(20)16(21)9-18(14)25-3;/h4-9,11,17,23H,10,21H2,1-3H3,(H,22,24);1H. The summed E-state index contributed by atoms with van der Waals surface area (Å²) in [5, 5.41) is 13.3. The fraction of sp³-hybridized carbons (Fsp3) is 0.316. The molecule has 1 atom stereocenters. The van der Waals surface area contributed by atoms with E-state index >= 15 is 0 Å². The molecule has 2 aromatic carbocycles. The number of anilines is 1. The van der Waals surface area contributed by atoms with Crippen molar-refractivity contribution in [3.63, 3.8) is 0 Å². The normalized spacial score (nSPS) is 11.5. The van der Waals surface area contributed by atoms with Crippen LogP contribution in [0.2, 0.25) is 5.02 Å². The fourth-order valence-corrected chi connectivity index (χ4v) is 2.55. The third-order valence-electron chi connectivity index (χ3n) is 3.63. The predicted octanol–water partition coefficient (Wildman–Crippen LogP) is 3.60. The lowest BCUT2D eigenvalue weighted by molar-refractivity contribution is 0.0913. The number of rotatable bonds is 7. The molecule has 0 heterocycles. The summed E-state index contributed by atoms with van der Waals surface area (Å²) in [6, 6.07) is 10.0. The number of hydrogen-bond acceptors (Lipinski definition) is 5. The number of amides is 1. The minimum Gasteiger partial charge on any atom is -0.496 e. The van der Waals surface area contributed by atoms with Crippen LogP contribution in [0.25, 0.3) is 0 Å². The van der Waals surface area contributed by atoms with E-state index in [0.29, 0.717) is 22.7 Å². The summed E-state index contributed by atoms with van der Waals surface area (Å²) in [4.78, 5) is 12.4. The molecular weight excluding hydrogens is 391 g/mol. The van der Waals surface area contributed by atoms with Gasteiger partial charge in [-0.25, -0.2) is 0 Å². The van der Waals surface area contributed by atoms with Crippen LogP contribution < -0.4 is 20.5 Å². The Hall–Kier alpha value is -2.15. The van der Waals surface area contributed by atoms with Crippen LogP contribution in [-0.4, -0.2) is 30.8 Å². The van der Waals surface area contributed by atoms with E-state index in [0.717, 1.165) is 0 Å². The van der Waals surface area contributed by atoms with E-state index in [2.05, 4.69) is 5.32 Å². The third kappa shape index (κ3) is 6.20. The van der Waals surface area contributed by atoms with Gasteiger partial charge in [-0.05, 0) is 37.6 Å². The molecule has 0 radical (unpaired) electrons. The van der Waals surface area contributed by atoms with E-state index in [4.69, 9.17) is 26.8 Å². The molecule has 0 saturated carbocycles. The maximum Gasteiger partial charge on any atom is 0.255 e. The van der Waals surface area contributed by atoms with Gasteiger partial charge in [-0.15, -0.1) is 12.4 Å². The van der Waals surface area contributed by atoms with Crippen molar-refractivity contribution in [2.45, 2.75) is 26.1 Å². The summed E-state index contributed by atoms with van der Waals surface area (Å²) in [6.45, 7) is 3.87. The molecule has 0 aliphatic heterocycles. The van der Waals surface area contributed by atoms with Gasteiger partial charge >= 0.3 is 0 Å². The Morgan fingerprint density at radius 1 is 1.30 bits per heavy atom. The van der Waals surface area contributed by atoms with Crippen molar-refractivity contribution >= 4 is 35.6 Å². The molecule has 0 saturated heterocycles. The smallest absolute Gasteiger partial charge is 0.255 e. The second-order valence-corrected chi connectivity index (χ2v) is 6.45. The lowest BCUT2D eigenvalue weighted by Crippen LogP contribution is -2.28. The Morgan fingerprint density at radius 2 is 2.00 bits per heavy atom. The monoisotopic (exact) mass is 414 g/mol. The Balaban J connectivity index is 0.00000364. The number of benzene rings is 2. The molecule has 2 aromatic rings. The maximum absolute atomic E-state index is 12.4. The number of ether oxygens (including phenoxy) is 2. The van der Waals surface area contributed by atoms with Crippen LogP contribution in [0.5, 0.6) is 11.5 Å². The lowest BCUT2D eigenvalue weighted by atomic mass is 10.1. The largest absolute Gasteiger partial charge is 0.496 e. The first-order valence-corrected chi connectivity index (χ1v) is 8.55. The van der Waals surface area contributed by atoms with Crippen LogP contribution in [0, 0.1) is 0 Å². The van der Waals surface area contributed by atoms with Crippen molar-refractivity contribution in [3.8, 4) is 11.5 Å². The second kappa shape index (κ2) is 10.3. The van der Waals surface area contributed by atoms with Gasteiger partial charge in [0.1, 0.15) is 11.5 Å². The molecule has 0 aliphatic carbocycles. The summed E-state index contributed by atoms with van der Waals surface area (Å²) in [7, 11) is 1.44. The van der Waals surface area contributed by atoms with Crippen molar-refractivity contribution in [2.24, 2.45) is 0 Å². The van der Waals surface area contributed by atoms with Crippen LogP contribution in [-0.2, 0) is 0 Å². The van der Waals surface area contributed by atoms with Gasteiger partial charge in [0.2, 0.25) is 0 Å². The van der Waals surface area contributed by atoms with Crippen molar-refractivity contribution < 1.29 is 19.4 Å². The van der Waals surface area contributed by atoms with Crippen LogP contribution in [0.1, 0.15) is 35.9 Å². The number of aliphatic hydroxyl groups is 1. The van der Waals surface area contributed by atoms with E-state index in [1.165, 1.54) is 19.2 Å². The summed E-state index contributed by atoms with van der Waals surface area (Å²) in [5.41, 5.74) is 6.93. The van der Waals surface area contributed by atoms with Gasteiger partial charge in [0, 0.05) is 12.6 Å². The summed E-state index contributed by atoms with van der Waals surface area (Å²) < 4.78 is 10.8. The highest BCUT2D eigenvalue weighted by Gasteiger charge is 2.17. The van der Waals surface area contributed by atoms with E-state index in [-0.39, 0.29) is 35.6 Å². The molecule has 148 valence electrons. The van der Waals surface area contributed by atoms with Crippen LogP contribution in [0.15, 0.2) is 36.4 Å². The van der Waals surface area contributed by atoms with Gasteiger partial charge in [-0.3, -0.25) is 4.79 Å². The van der Waals surface area contributed by atoms with E-state index in [9.17, 15) is 9.90 Å². The number of nitrogens with one attached hydrogen (secondary N) is 1. The molecule has 0 bridgehead atoms. The Bertz CT molecular complexity index is 784. The van der Waals surface area contributed by atoms with Gasteiger partial charge in [0.25, 0.3) is 5.91 Å². The molecule has 2 rings (SSSR count). The quantitative estimate of drug-likeness (QED) is 0.601. The van der Waals surface area contributed by atoms with Gasteiger partial charge in [0.15, 0.2) is 0 Å². The zero-order valence-electron chi connectivity index (χ0n) is 15.4. The molecule has 1 amide bonds. The Kier molecular flexibility index (Phi) is 8.69. The molecule has 8 heteroatoms. The topological polar surface area (TPSA) is 93.8 Å². The molecule has 0 fully saturated rings. The van der Waals surface area contributed by atoms with Crippen molar-refractivity contribution in [3.05, 3.63) is 52.5 Å². The number of nitrogens with two attached hydrogens (primary N) is 1. The molecule has 0 aliphatic rings. The average Bonchev–Trinajstić information content (AvgIpc) is 2.60. The SMILES string of the molecule is COc1cc(N)c(Cl)cc1C(=O)NCC(O)c1cccc(OC(C)C)c1.Cl. The fourth-order valence-electron chi connectivity index (χ4n) is 2.39. The zero-order chi connectivity index (χ0) is 19.3. The minimum absolute atomic E-state index is 0. The zero-order valence-corrected chi connectivity index (χ0v) is 16.9. The Morgan fingerprint density at radius 3 is 2.63 bits per heavy atom. The first-order valence-electron chi connectivity index (χ1n) is 8.17. The summed E-state index contributed by atoms with van der Waals surface area (Å²) in [6.07, 6.45) is -0.852. The van der Waals surface area contributed by atoms with E-state index < -0.39 is 12.0 Å². The predicted molar refractivity (Wildman–Crippen MR) is 109 cm³/mol. The molecule has 4 N–H and O–H groups in total. The number of nitrogen functional groups attached to an aromatic ring is 1. The molecule has 0 aromatic heterocycles. The maximum atomic E-state index is 12.4. The second-order valence-electron chi connectivity index (χ2n) is 6.04. The molecule has 27 heavy (non-hydrogen) atoms. The number of carbonyl (C=O) groups excluding carboxylic acids is 1. The highest BCUT2D eigenvalue weighted by atomic mass is 35.5. The van der Waals surface area contributed by atoms with Crippen molar-refractivity contribution in [2.75, 3.05) is 19.4 Å². The van der Waals surface area contributed by atoms with Crippen molar-refractivity contribution in [1.82, 2.24) is 5.32 Å². The Labute approximate surface area is 170 Å². The molecular formula is C19H24Cl2N2O4. The third-order valence-corrected chi connectivity index (χ3v) is 3.96. The van der Waals surface area contributed by atoms with Gasteiger partial charge < -0.3 is 25.6 Å². The van der Waals surface area contributed by atoms with Gasteiger partial charge in [-0.2, -0.15) is 0 Å². The van der Waals surface area contributed by atoms with Gasteiger partial charge in [0.05, 0.1) is 35.6 Å². The van der Waals surface area contributed by atoms with Crippen LogP contribution in [0.4, 0.5) is 5.69 Å². The summed E-state index contributed by atoms with van der Waals surface area (Å²) >= 11 is 5.98. The van der Waals surface area contributed by atoms with E-state index in [1.807, 2.05) is 19.9 Å². The highest BCUT2D eigenvalue weighted by Crippen LogP contribution is 2.29.